The minimum atomic E-state index is -0.461. The molecule has 2 aliphatic heterocycles. The lowest BCUT2D eigenvalue weighted by molar-refractivity contribution is -0.134. The van der Waals surface area contributed by atoms with Crippen LogP contribution in [0.4, 0.5) is 5.82 Å². The van der Waals surface area contributed by atoms with Gasteiger partial charge in [0.2, 0.25) is 0 Å². The lowest BCUT2D eigenvalue weighted by Gasteiger charge is -2.26. The van der Waals surface area contributed by atoms with E-state index in [9.17, 15) is 9.59 Å². The van der Waals surface area contributed by atoms with Gasteiger partial charge in [0, 0.05) is 19.3 Å². The first-order chi connectivity index (χ1) is 10.6. The molecule has 0 amide bonds. The molecule has 2 fully saturated rings. The van der Waals surface area contributed by atoms with Gasteiger partial charge in [-0.3, -0.25) is 14.3 Å². The molecule has 2 N–H and O–H groups in total. The lowest BCUT2D eigenvalue weighted by atomic mass is 10.1. The van der Waals surface area contributed by atoms with Crippen LogP contribution in [0.15, 0.2) is 17.1 Å². The molecule has 1 aromatic rings. The number of ether oxygens (including phenoxy) is 2. The summed E-state index contributed by atoms with van der Waals surface area (Å²) in [7, 11) is 0. The number of carbonyl (C=O) groups is 1. The molecule has 0 aliphatic carbocycles. The molecule has 2 saturated heterocycles. The molecule has 1 aromatic heterocycles. The molecular weight excluding hydrogens is 288 g/mol. The van der Waals surface area contributed by atoms with Gasteiger partial charge in [-0.2, -0.15) is 4.98 Å². The Kier molecular flexibility index (Phi) is 4.51. The van der Waals surface area contributed by atoms with Gasteiger partial charge in [-0.05, 0) is 18.9 Å². The van der Waals surface area contributed by atoms with Crippen molar-refractivity contribution in [1.82, 2.24) is 14.5 Å². The van der Waals surface area contributed by atoms with Crippen LogP contribution in [0.2, 0.25) is 0 Å². The van der Waals surface area contributed by atoms with Crippen LogP contribution < -0.4 is 11.4 Å². The molecular formula is C14H20N4O4. The molecule has 0 unspecified atom stereocenters. The average Bonchev–Trinajstić information content (AvgIpc) is 2.98. The normalized spacial score (nSPS) is 26.2. The van der Waals surface area contributed by atoms with Crippen LogP contribution in [-0.4, -0.2) is 59.2 Å². The SMILES string of the molecule is Nc1ccn([C@H]2CC[C@@H](C(=O)CN3CCOCC3)O2)c(=O)n1. The summed E-state index contributed by atoms with van der Waals surface area (Å²) < 4.78 is 12.4. The lowest BCUT2D eigenvalue weighted by Crippen LogP contribution is -2.42. The minimum Gasteiger partial charge on any atom is -0.383 e. The van der Waals surface area contributed by atoms with E-state index in [1.165, 1.54) is 4.57 Å². The highest BCUT2D eigenvalue weighted by atomic mass is 16.5. The topological polar surface area (TPSA) is 99.7 Å². The Morgan fingerprint density at radius 3 is 2.86 bits per heavy atom. The third-order valence-electron chi connectivity index (χ3n) is 4.00. The largest absolute Gasteiger partial charge is 0.383 e. The van der Waals surface area contributed by atoms with E-state index in [1.807, 2.05) is 0 Å². The first-order valence-electron chi connectivity index (χ1n) is 7.46. The second-order valence-corrected chi connectivity index (χ2v) is 5.55. The molecule has 3 rings (SSSR count). The van der Waals surface area contributed by atoms with Crippen molar-refractivity contribution in [3.8, 4) is 0 Å². The third kappa shape index (κ3) is 3.34. The first kappa shape index (κ1) is 15.1. The number of morpholine rings is 1. The predicted molar refractivity (Wildman–Crippen MR) is 78.3 cm³/mol. The van der Waals surface area contributed by atoms with Crippen molar-refractivity contribution in [2.24, 2.45) is 0 Å². The highest BCUT2D eigenvalue weighted by molar-refractivity contribution is 5.85. The number of carbonyl (C=O) groups excluding carboxylic acids is 1. The number of nitrogens with zero attached hydrogens (tertiary/aromatic N) is 3. The van der Waals surface area contributed by atoms with Crippen molar-refractivity contribution < 1.29 is 14.3 Å². The van der Waals surface area contributed by atoms with Crippen LogP contribution in [0, 0.1) is 0 Å². The molecule has 0 bridgehead atoms. The second-order valence-electron chi connectivity index (χ2n) is 5.55. The highest BCUT2D eigenvalue weighted by Gasteiger charge is 2.33. The number of nitrogen functional groups attached to an aromatic ring is 1. The molecule has 0 spiro atoms. The summed E-state index contributed by atoms with van der Waals surface area (Å²) in [6.45, 7) is 3.23. The van der Waals surface area contributed by atoms with E-state index in [1.54, 1.807) is 12.3 Å². The molecule has 0 saturated carbocycles. The maximum Gasteiger partial charge on any atom is 0.351 e. The quantitative estimate of drug-likeness (QED) is 0.793. The summed E-state index contributed by atoms with van der Waals surface area (Å²) in [5.74, 6) is 0.236. The number of anilines is 1. The Morgan fingerprint density at radius 2 is 2.14 bits per heavy atom. The van der Waals surface area contributed by atoms with E-state index < -0.39 is 18.0 Å². The van der Waals surface area contributed by atoms with Gasteiger partial charge in [-0.1, -0.05) is 0 Å². The molecule has 2 aliphatic rings. The zero-order valence-corrected chi connectivity index (χ0v) is 12.3. The molecule has 0 radical (unpaired) electrons. The Balaban J connectivity index is 1.59. The summed E-state index contributed by atoms with van der Waals surface area (Å²) >= 11 is 0. The van der Waals surface area contributed by atoms with Crippen LogP contribution >= 0.6 is 0 Å². The van der Waals surface area contributed by atoms with Crippen LogP contribution in [-0.2, 0) is 14.3 Å². The van der Waals surface area contributed by atoms with Gasteiger partial charge in [0.05, 0.1) is 19.8 Å². The van der Waals surface area contributed by atoms with E-state index in [2.05, 4.69) is 9.88 Å². The number of rotatable bonds is 4. The predicted octanol–water partition coefficient (Wildman–Crippen LogP) is -0.596. The molecule has 3 heterocycles. The first-order valence-corrected chi connectivity index (χ1v) is 7.46. The van der Waals surface area contributed by atoms with Gasteiger partial charge in [0.25, 0.3) is 0 Å². The Labute approximate surface area is 127 Å². The number of hydrogen-bond acceptors (Lipinski definition) is 7. The summed E-state index contributed by atoms with van der Waals surface area (Å²) in [4.78, 5) is 29.9. The summed E-state index contributed by atoms with van der Waals surface area (Å²) in [6, 6.07) is 1.55. The van der Waals surface area contributed by atoms with Crippen molar-refractivity contribution in [3.05, 3.63) is 22.7 Å². The van der Waals surface area contributed by atoms with Gasteiger partial charge in [0.15, 0.2) is 5.78 Å². The molecule has 2 atom stereocenters. The Morgan fingerprint density at radius 1 is 1.36 bits per heavy atom. The van der Waals surface area contributed by atoms with Crippen LogP contribution in [0.1, 0.15) is 19.1 Å². The zero-order valence-electron chi connectivity index (χ0n) is 12.3. The van der Waals surface area contributed by atoms with E-state index >= 15 is 0 Å². The number of nitrogens with two attached hydrogens (primary N) is 1. The smallest absolute Gasteiger partial charge is 0.351 e. The summed E-state index contributed by atoms with van der Waals surface area (Å²) in [5.41, 5.74) is 5.02. The maximum atomic E-state index is 12.3. The summed E-state index contributed by atoms with van der Waals surface area (Å²) in [6.07, 6.45) is 1.89. The zero-order chi connectivity index (χ0) is 15.5. The third-order valence-corrected chi connectivity index (χ3v) is 4.00. The van der Waals surface area contributed by atoms with E-state index in [4.69, 9.17) is 15.2 Å². The number of hydrogen-bond donors (Lipinski definition) is 1. The highest BCUT2D eigenvalue weighted by Crippen LogP contribution is 2.27. The van der Waals surface area contributed by atoms with Crippen molar-refractivity contribution in [1.29, 1.82) is 0 Å². The fraction of sp³-hybridized carbons (Fsp3) is 0.643. The summed E-state index contributed by atoms with van der Waals surface area (Å²) in [5, 5.41) is 0. The number of Topliss-reactive ketones (excluding diaryl/α,β-unsaturated/α-hetero) is 1. The maximum absolute atomic E-state index is 12.3. The van der Waals surface area contributed by atoms with Crippen molar-refractivity contribution in [3.63, 3.8) is 0 Å². The Hall–Kier alpha value is -1.77. The molecule has 120 valence electrons. The van der Waals surface area contributed by atoms with E-state index in [0.29, 0.717) is 32.6 Å². The van der Waals surface area contributed by atoms with E-state index in [-0.39, 0.29) is 11.6 Å². The fourth-order valence-electron chi connectivity index (χ4n) is 2.79. The van der Waals surface area contributed by atoms with Gasteiger partial charge >= 0.3 is 5.69 Å². The minimum absolute atomic E-state index is 0.0563. The number of aromatic nitrogens is 2. The van der Waals surface area contributed by atoms with Gasteiger partial charge in [-0.15, -0.1) is 0 Å². The van der Waals surface area contributed by atoms with Gasteiger partial charge < -0.3 is 15.2 Å². The molecule has 0 aromatic carbocycles. The molecule has 22 heavy (non-hydrogen) atoms. The van der Waals surface area contributed by atoms with Gasteiger partial charge in [0.1, 0.15) is 18.1 Å². The monoisotopic (exact) mass is 308 g/mol. The van der Waals surface area contributed by atoms with Crippen LogP contribution in [0.3, 0.4) is 0 Å². The van der Waals surface area contributed by atoms with Crippen LogP contribution in [0.5, 0.6) is 0 Å². The van der Waals surface area contributed by atoms with Crippen molar-refractivity contribution in [2.75, 3.05) is 38.6 Å². The molecule has 8 nitrogen and oxygen atoms in total. The van der Waals surface area contributed by atoms with Crippen LogP contribution in [0.25, 0.3) is 0 Å². The van der Waals surface area contributed by atoms with Gasteiger partial charge in [-0.25, -0.2) is 4.79 Å². The molecule has 8 heteroatoms. The second kappa shape index (κ2) is 6.55. The van der Waals surface area contributed by atoms with Crippen molar-refractivity contribution in [2.45, 2.75) is 25.2 Å². The van der Waals surface area contributed by atoms with Crippen molar-refractivity contribution >= 4 is 11.6 Å². The van der Waals surface area contributed by atoms with E-state index in [0.717, 1.165) is 13.1 Å². The Bertz CT molecular complexity index is 597. The fourth-order valence-corrected chi connectivity index (χ4v) is 2.79. The average molecular weight is 308 g/mol. The standard InChI is InChI=1S/C14H20N4O4/c15-12-3-4-18(14(20)16-12)13-2-1-11(22-13)10(19)9-17-5-7-21-8-6-17/h3-4,11,13H,1-2,5-9H2,(H2,15,16,20)/t11-,13+/m0/s1. The number of ketones is 1.